The minimum Gasteiger partial charge on any atom is -0.458 e. The van der Waals surface area contributed by atoms with Crippen LogP contribution in [0.1, 0.15) is 74.3 Å². The molecule has 0 N–H and O–H groups in total. The maximum Gasteiger partial charge on any atom is 0.230 e. The van der Waals surface area contributed by atoms with E-state index in [1.807, 2.05) is 109 Å². The first-order chi connectivity index (χ1) is 33.7. The Hall–Kier alpha value is -5.11. The molecule has 0 amide bonds. The van der Waals surface area contributed by atoms with Crippen LogP contribution in [0.25, 0.3) is 32.7 Å². The maximum atomic E-state index is 6.48. The molecule has 10 rings (SSSR count). The van der Waals surface area contributed by atoms with Gasteiger partial charge in [-0.3, -0.25) is 0 Å². The molecule has 70 heavy (non-hydrogen) atoms. The van der Waals surface area contributed by atoms with Crippen LogP contribution in [0.3, 0.4) is 0 Å². The van der Waals surface area contributed by atoms with E-state index in [2.05, 4.69) is 73.5 Å². The van der Waals surface area contributed by atoms with Crippen molar-refractivity contribution in [1.82, 2.24) is 0 Å². The molecule has 0 heterocycles. The third kappa shape index (κ3) is 13.2. The van der Waals surface area contributed by atoms with Gasteiger partial charge in [0.25, 0.3) is 0 Å². The Kier molecular flexibility index (Phi) is 18.9. The zero-order valence-corrected chi connectivity index (χ0v) is 45.1. The van der Waals surface area contributed by atoms with Crippen molar-refractivity contribution in [3.63, 3.8) is 0 Å². The molecule has 2 fully saturated rings. The Labute approximate surface area is 462 Å². The number of hydrogen-bond donors (Lipinski definition) is 0. The van der Waals surface area contributed by atoms with Gasteiger partial charge in [-0.25, -0.2) is 0 Å². The summed E-state index contributed by atoms with van der Waals surface area (Å²) in [6, 6.07) is 56.4. The molecule has 0 unspecified atom stereocenters. The Morgan fingerprint density at radius 3 is 0.929 bits per heavy atom. The summed E-state index contributed by atoms with van der Waals surface area (Å²) in [7, 11) is 0. The van der Waals surface area contributed by atoms with Crippen molar-refractivity contribution >= 4 is 21.5 Å². The van der Waals surface area contributed by atoms with Crippen LogP contribution in [0, 0.1) is 12.8 Å². The summed E-state index contributed by atoms with van der Waals surface area (Å²) in [5.41, 5.74) is 4.56. The Bertz CT molecular complexity index is 2660. The molecule has 8 aromatic rings. The van der Waals surface area contributed by atoms with Crippen LogP contribution in [0.15, 0.2) is 170 Å². The van der Waals surface area contributed by atoms with Gasteiger partial charge in [-0.05, 0) is 129 Å². The number of rotatable bonds is 19. The molecule has 2 radical (unpaired) electrons. The fourth-order valence-electron chi connectivity index (χ4n) is 9.37. The summed E-state index contributed by atoms with van der Waals surface area (Å²) in [6.07, 6.45) is 14.5. The topological polar surface area (TPSA) is 73.8 Å². The summed E-state index contributed by atoms with van der Waals surface area (Å²) in [5.74, 6) is 6.80. The van der Waals surface area contributed by atoms with Crippen LogP contribution < -0.4 is 37.9 Å². The van der Waals surface area contributed by atoms with Gasteiger partial charge in [0.15, 0.2) is 0 Å². The largest absolute Gasteiger partial charge is 0.458 e. The molecule has 0 saturated heterocycles. The second-order valence-corrected chi connectivity index (χ2v) is 17.3. The van der Waals surface area contributed by atoms with Gasteiger partial charge in [0.05, 0.1) is 0 Å². The van der Waals surface area contributed by atoms with Gasteiger partial charge in [-0.1, -0.05) is 111 Å². The fourth-order valence-corrected chi connectivity index (χ4v) is 9.37. The van der Waals surface area contributed by atoms with Crippen LogP contribution >= 0.6 is 0 Å². The van der Waals surface area contributed by atoms with Crippen LogP contribution in [0.4, 0.5) is 0 Å². The first kappa shape index (κ1) is 51.2. The van der Waals surface area contributed by atoms with E-state index >= 15 is 0 Å². The average molecular weight is 1080 g/mol. The molecular weight excluding hydrogens is 1030 g/mol. The monoisotopic (exact) mass is 1080 g/mol. The van der Waals surface area contributed by atoms with E-state index < -0.39 is 0 Å². The van der Waals surface area contributed by atoms with E-state index in [4.69, 9.17) is 37.9 Å². The molecule has 0 aromatic heterocycles. The van der Waals surface area contributed by atoms with Crippen molar-refractivity contribution < 1.29 is 103 Å². The quantitative estimate of drug-likeness (QED) is 0.0586. The number of benzene rings is 8. The molecular formula is C60H56O8Y2-2. The summed E-state index contributed by atoms with van der Waals surface area (Å²) in [4.78, 5) is 0. The van der Waals surface area contributed by atoms with Crippen molar-refractivity contribution in [2.24, 2.45) is 0 Å². The van der Waals surface area contributed by atoms with Gasteiger partial charge in [0, 0.05) is 76.5 Å². The molecule has 10 heteroatoms. The fraction of sp³-hybridized carbons (Fsp3) is 0.233. The minimum absolute atomic E-state index is 0. The van der Waals surface area contributed by atoms with Gasteiger partial charge in [0.2, 0.25) is 27.2 Å². The summed E-state index contributed by atoms with van der Waals surface area (Å²) < 4.78 is 48.8. The molecule has 2 aliphatic carbocycles. The maximum absolute atomic E-state index is 6.48. The van der Waals surface area contributed by atoms with Gasteiger partial charge in [0.1, 0.15) is 46.0 Å². The van der Waals surface area contributed by atoms with Gasteiger partial charge < -0.3 is 50.7 Å². The van der Waals surface area contributed by atoms with Crippen LogP contribution in [-0.2, 0) is 65.4 Å². The molecule has 2 saturated carbocycles. The van der Waals surface area contributed by atoms with E-state index in [1.165, 1.54) is 62.5 Å². The summed E-state index contributed by atoms with van der Waals surface area (Å²) in [6.45, 7) is 0.164. The zero-order valence-electron chi connectivity index (χ0n) is 39.4. The van der Waals surface area contributed by atoms with Crippen molar-refractivity contribution in [3.05, 3.63) is 194 Å². The molecule has 2 aliphatic rings. The molecule has 0 spiro atoms. The normalized spacial score (nSPS) is 13.9. The second-order valence-electron chi connectivity index (χ2n) is 17.3. The van der Waals surface area contributed by atoms with Gasteiger partial charge >= 0.3 is 0 Å². The molecule has 352 valence electrons. The van der Waals surface area contributed by atoms with Crippen molar-refractivity contribution in [2.75, 3.05) is 27.2 Å². The van der Waals surface area contributed by atoms with E-state index in [1.54, 1.807) is 0 Å². The Balaban J connectivity index is 0.00000329. The van der Waals surface area contributed by atoms with E-state index in [0.29, 0.717) is 46.3 Å². The summed E-state index contributed by atoms with van der Waals surface area (Å²) in [5, 5.41) is 4.18. The van der Waals surface area contributed by atoms with Crippen LogP contribution in [0.2, 0.25) is 0 Å². The predicted octanol–water partition coefficient (Wildman–Crippen LogP) is 15.0. The molecule has 0 aliphatic heterocycles. The zero-order chi connectivity index (χ0) is 45.7. The average Bonchev–Trinajstić information content (AvgIpc) is 3.40. The molecule has 8 aromatic carbocycles. The van der Waals surface area contributed by atoms with Crippen LogP contribution in [-0.4, -0.2) is 27.2 Å². The van der Waals surface area contributed by atoms with Crippen molar-refractivity contribution in [2.45, 2.75) is 63.2 Å². The standard InChI is InChI=1S/C60H56O8.2Y/c1-3-11-43(12-4-1)45-19-25-49(26-20-45)61-39-63-51-29-33-53(34-30-51)65-41-67-57-37-23-47-15-7-9-17-55(47)59(57)60-56-18-10-8-16-48(56)24-38-58(60)68-42-66-54-35-31-52(32-36-54)64-40-62-50-27-21-46(22-28-50)44-13-5-2-6-14-44;;/h1-2,7-10,15-38,43-44H,3-6,11-14,39-42H2;;/q-2;;. The Morgan fingerprint density at radius 2 is 0.600 bits per heavy atom. The molecule has 8 nitrogen and oxygen atoms in total. The first-order valence-electron chi connectivity index (χ1n) is 23.8. The number of hydrogen-bond acceptors (Lipinski definition) is 8. The Morgan fingerprint density at radius 1 is 0.314 bits per heavy atom. The third-order valence-electron chi connectivity index (χ3n) is 13.0. The van der Waals surface area contributed by atoms with Gasteiger partial charge in [-0.15, -0.1) is 0 Å². The van der Waals surface area contributed by atoms with Crippen molar-refractivity contribution in [1.29, 1.82) is 0 Å². The number of fused-ring (bicyclic) bond motifs is 2. The molecule has 0 atom stereocenters. The third-order valence-corrected chi connectivity index (χ3v) is 13.0. The molecule has 0 bridgehead atoms. The van der Waals surface area contributed by atoms with Crippen LogP contribution in [0.5, 0.6) is 46.0 Å². The SMILES string of the molecule is [Y].[Y].c1ccc2c(-c3c(OCOc4ccc(OCOc5ccc(C6CC[CH-]CC6)cc5)cc4)ccc4ccccc34)c(OCOc3ccc(OCOc4ccc(C5CC[CH-]CC5)cc4)cc3)ccc2c1. The van der Waals surface area contributed by atoms with Crippen molar-refractivity contribution in [3.8, 4) is 57.1 Å². The van der Waals surface area contributed by atoms with E-state index in [0.717, 1.165) is 44.2 Å². The summed E-state index contributed by atoms with van der Waals surface area (Å²) >= 11 is 0. The minimum atomic E-state index is -0.0216. The van der Waals surface area contributed by atoms with Gasteiger partial charge in [-0.2, -0.15) is 25.7 Å². The predicted molar refractivity (Wildman–Crippen MR) is 268 cm³/mol. The second kappa shape index (κ2) is 25.8. The first-order valence-corrected chi connectivity index (χ1v) is 23.8. The van der Waals surface area contributed by atoms with E-state index in [-0.39, 0.29) is 92.6 Å². The number of ether oxygens (including phenoxy) is 8. The smallest absolute Gasteiger partial charge is 0.230 e. The van der Waals surface area contributed by atoms with E-state index in [9.17, 15) is 0 Å².